The van der Waals surface area contributed by atoms with E-state index in [4.69, 9.17) is 11.6 Å². The zero-order valence-corrected chi connectivity index (χ0v) is 13.9. The van der Waals surface area contributed by atoms with Gasteiger partial charge in [-0.05, 0) is 25.1 Å². The van der Waals surface area contributed by atoms with Crippen LogP contribution in [0, 0.1) is 6.92 Å². The van der Waals surface area contributed by atoms with E-state index in [1.807, 2.05) is 33.2 Å². The van der Waals surface area contributed by atoms with Crippen LogP contribution in [0.3, 0.4) is 0 Å². The molecule has 0 aliphatic rings. The fraction of sp³-hybridized carbons (Fsp3) is 0.375. The van der Waals surface area contributed by atoms with Gasteiger partial charge in [-0.25, -0.2) is 9.97 Å². The molecule has 0 saturated carbocycles. The lowest BCUT2D eigenvalue weighted by Crippen LogP contribution is -2.09. The predicted molar refractivity (Wildman–Crippen MR) is 89.9 cm³/mol. The van der Waals surface area contributed by atoms with E-state index >= 15 is 0 Å². The molecule has 1 heterocycles. The van der Waals surface area contributed by atoms with Crippen molar-refractivity contribution < 1.29 is 0 Å². The zero-order valence-electron chi connectivity index (χ0n) is 13.1. The Bertz CT molecular complexity index is 638. The summed E-state index contributed by atoms with van der Waals surface area (Å²) in [6, 6.07) is 8.16. The molecule has 0 aliphatic carbocycles. The molecule has 2 aromatic rings. The topological polar surface area (TPSA) is 41.1 Å². The van der Waals surface area contributed by atoms with Gasteiger partial charge in [0.15, 0.2) is 0 Å². The number of hydrogen-bond donors (Lipinski definition) is 1. The number of anilines is 3. The minimum absolute atomic E-state index is 0.233. The normalized spacial score (nSPS) is 10.8. The Morgan fingerprint density at radius 1 is 1.19 bits per heavy atom. The van der Waals surface area contributed by atoms with Crippen molar-refractivity contribution in [2.24, 2.45) is 0 Å². The number of hydrogen-bond acceptors (Lipinski definition) is 4. The molecule has 4 nitrogen and oxygen atoms in total. The Labute approximate surface area is 131 Å². The summed E-state index contributed by atoms with van der Waals surface area (Å²) in [5.41, 5.74) is 2.96. The van der Waals surface area contributed by atoms with E-state index in [1.54, 1.807) is 0 Å². The third-order valence-electron chi connectivity index (χ3n) is 3.25. The molecule has 1 aromatic carbocycles. The Balaban J connectivity index is 2.37. The molecule has 0 aliphatic heterocycles. The molecule has 0 radical (unpaired) electrons. The zero-order chi connectivity index (χ0) is 15.6. The fourth-order valence-corrected chi connectivity index (χ4v) is 2.06. The second-order valence-electron chi connectivity index (χ2n) is 5.57. The van der Waals surface area contributed by atoms with Gasteiger partial charge in [0.05, 0.1) is 0 Å². The van der Waals surface area contributed by atoms with Gasteiger partial charge in [0.1, 0.15) is 16.8 Å². The first-order valence-corrected chi connectivity index (χ1v) is 7.34. The van der Waals surface area contributed by atoms with E-state index in [0.717, 1.165) is 28.6 Å². The van der Waals surface area contributed by atoms with Crippen molar-refractivity contribution in [1.29, 1.82) is 0 Å². The fourth-order valence-electron chi connectivity index (χ4n) is 1.88. The maximum Gasteiger partial charge on any atom is 0.138 e. The van der Waals surface area contributed by atoms with Crippen LogP contribution in [0.1, 0.15) is 31.2 Å². The van der Waals surface area contributed by atoms with Crippen LogP contribution in [0.4, 0.5) is 17.2 Å². The van der Waals surface area contributed by atoms with Crippen LogP contribution in [-0.4, -0.2) is 24.1 Å². The Hall–Kier alpha value is -1.81. The Morgan fingerprint density at radius 3 is 2.52 bits per heavy atom. The standard InChI is InChI=1S/C16H21ClN4/c1-10(2)15-19-14(17)11(3)16(20-15)18-12-7-6-8-13(9-12)21(4)5/h6-10H,1-5H3,(H,18,19,20). The summed E-state index contributed by atoms with van der Waals surface area (Å²) in [6.07, 6.45) is 0. The van der Waals surface area contributed by atoms with E-state index < -0.39 is 0 Å². The van der Waals surface area contributed by atoms with Crippen LogP contribution in [-0.2, 0) is 0 Å². The van der Waals surface area contributed by atoms with Crippen molar-refractivity contribution in [1.82, 2.24) is 9.97 Å². The van der Waals surface area contributed by atoms with E-state index in [0.29, 0.717) is 5.15 Å². The van der Waals surface area contributed by atoms with Crippen LogP contribution < -0.4 is 10.2 Å². The first kappa shape index (κ1) is 15.6. The highest BCUT2D eigenvalue weighted by atomic mass is 35.5. The number of nitrogens with one attached hydrogen (secondary N) is 1. The predicted octanol–water partition coefficient (Wildman–Crippen LogP) is 4.37. The highest BCUT2D eigenvalue weighted by Gasteiger charge is 2.12. The first-order valence-electron chi connectivity index (χ1n) is 6.97. The summed E-state index contributed by atoms with van der Waals surface area (Å²) in [6.45, 7) is 6.03. The lowest BCUT2D eigenvalue weighted by Gasteiger charge is -2.16. The van der Waals surface area contributed by atoms with Gasteiger partial charge in [0.2, 0.25) is 0 Å². The molecule has 0 atom stereocenters. The van der Waals surface area contributed by atoms with Crippen molar-refractivity contribution in [2.45, 2.75) is 26.7 Å². The van der Waals surface area contributed by atoms with Crippen molar-refractivity contribution in [2.75, 3.05) is 24.3 Å². The highest BCUT2D eigenvalue weighted by Crippen LogP contribution is 2.27. The van der Waals surface area contributed by atoms with E-state index in [1.165, 1.54) is 0 Å². The minimum atomic E-state index is 0.233. The van der Waals surface area contributed by atoms with E-state index in [9.17, 15) is 0 Å². The summed E-state index contributed by atoms with van der Waals surface area (Å²) in [5.74, 6) is 1.74. The average molecular weight is 305 g/mol. The van der Waals surface area contributed by atoms with Crippen molar-refractivity contribution in [3.63, 3.8) is 0 Å². The molecular formula is C16H21ClN4. The van der Waals surface area contributed by atoms with Gasteiger partial charge >= 0.3 is 0 Å². The number of aromatic nitrogens is 2. The quantitative estimate of drug-likeness (QED) is 0.852. The average Bonchev–Trinajstić information content (AvgIpc) is 2.43. The molecule has 21 heavy (non-hydrogen) atoms. The Kier molecular flexibility index (Phi) is 4.68. The van der Waals surface area contributed by atoms with Crippen LogP contribution in [0.15, 0.2) is 24.3 Å². The molecule has 2 rings (SSSR count). The summed E-state index contributed by atoms with van der Waals surface area (Å²) >= 11 is 6.21. The van der Waals surface area contributed by atoms with Crippen LogP contribution >= 0.6 is 11.6 Å². The third kappa shape index (κ3) is 3.64. The number of benzene rings is 1. The molecule has 0 saturated heterocycles. The van der Waals surface area contributed by atoms with Crippen molar-refractivity contribution >= 4 is 28.8 Å². The number of halogens is 1. The SMILES string of the molecule is Cc1c(Cl)nc(C(C)C)nc1Nc1cccc(N(C)C)c1. The second-order valence-corrected chi connectivity index (χ2v) is 5.93. The third-order valence-corrected chi connectivity index (χ3v) is 3.61. The molecule has 0 fully saturated rings. The van der Waals surface area contributed by atoms with Gasteiger partial charge in [-0.3, -0.25) is 0 Å². The number of nitrogens with zero attached hydrogens (tertiary/aromatic N) is 3. The van der Waals surface area contributed by atoms with E-state index in [-0.39, 0.29) is 5.92 Å². The highest BCUT2D eigenvalue weighted by molar-refractivity contribution is 6.30. The van der Waals surface area contributed by atoms with Gasteiger partial charge in [0, 0.05) is 37.0 Å². The van der Waals surface area contributed by atoms with Crippen LogP contribution in [0.25, 0.3) is 0 Å². The largest absolute Gasteiger partial charge is 0.378 e. The van der Waals surface area contributed by atoms with Gasteiger partial charge < -0.3 is 10.2 Å². The summed E-state index contributed by atoms with van der Waals surface area (Å²) in [4.78, 5) is 11.0. The molecule has 112 valence electrons. The Morgan fingerprint density at radius 2 is 1.90 bits per heavy atom. The molecule has 0 bridgehead atoms. The molecule has 0 unspecified atom stereocenters. The lowest BCUT2D eigenvalue weighted by molar-refractivity contribution is 0.773. The minimum Gasteiger partial charge on any atom is -0.378 e. The first-order chi connectivity index (χ1) is 9.88. The van der Waals surface area contributed by atoms with Gasteiger partial charge in [-0.15, -0.1) is 0 Å². The smallest absolute Gasteiger partial charge is 0.138 e. The van der Waals surface area contributed by atoms with Crippen LogP contribution in [0.5, 0.6) is 0 Å². The van der Waals surface area contributed by atoms with Gasteiger partial charge in [0.25, 0.3) is 0 Å². The molecular weight excluding hydrogens is 284 g/mol. The summed E-state index contributed by atoms with van der Waals surface area (Å²) in [5, 5.41) is 3.84. The molecule has 1 aromatic heterocycles. The monoisotopic (exact) mass is 304 g/mol. The maximum atomic E-state index is 6.21. The molecule has 0 amide bonds. The van der Waals surface area contributed by atoms with Crippen molar-refractivity contribution in [3.8, 4) is 0 Å². The molecule has 5 heteroatoms. The van der Waals surface area contributed by atoms with E-state index in [2.05, 4.69) is 46.2 Å². The maximum absolute atomic E-state index is 6.21. The summed E-state index contributed by atoms with van der Waals surface area (Å²) < 4.78 is 0. The summed E-state index contributed by atoms with van der Waals surface area (Å²) in [7, 11) is 4.03. The molecule has 1 N–H and O–H groups in total. The number of rotatable bonds is 4. The second kappa shape index (κ2) is 6.31. The van der Waals surface area contributed by atoms with Crippen LogP contribution in [0.2, 0.25) is 5.15 Å². The van der Waals surface area contributed by atoms with Crippen molar-refractivity contribution in [3.05, 3.63) is 40.8 Å². The molecule has 0 spiro atoms. The lowest BCUT2D eigenvalue weighted by atomic mass is 10.2. The van der Waals surface area contributed by atoms with Gasteiger partial charge in [-0.2, -0.15) is 0 Å². The van der Waals surface area contributed by atoms with Gasteiger partial charge in [-0.1, -0.05) is 31.5 Å².